The number of anilines is 1. The second kappa shape index (κ2) is 11.6. The number of ether oxygens (including phenoxy) is 2. The first-order valence-corrected chi connectivity index (χ1v) is 12.4. The third kappa shape index (κ3) is 6.59. The summed E-state index contributed by atoms with van der Waals surface area (Å²) in [5.41, 5.74) is 3.12. The lowest BCUT2D eigenvalue weighted by atomic mass is 9.99. The van der Waals surface area contributed by atoms with Crippen molar-refractivity contribution in [1.29, 1.82) is 0 Å². The number of nitro benzene ring substituents is 1. The van der Waals surface area contributed by atoms with Crippen LogP contribution in [0.15, 0.2) is 77.2 Å². The van der Waals surface area contributed by atoms with Crippen molar-refractivity contribution in [2.75, 3.05) is 5.32 Å². The van der Waals surface area contributed by atoms with Gasteiger partial charge in [-0.05, 0) is 73.2 Å². The Balaban J connectivity index is 1.43. The predicted octanol–water partition coefficient (Wildman–Crippen LogP) is 7.94. The van der Waals surface area contributed by atoms with Crippen molar-refractivity contribution in [2.24, 2.45) is 0 Å². The molecular formula is C30H30N2O6. The number of amides is 1. The van der Waals surface area contributed by atoms with E-state index in [9.17, 15) is 14.9 Å². The number of rotatable bonds is 10. The van der Waals surface area contributed by atoms with Gasteiger partial charge in [-0.3, -0.25) is 14.9 Å². The van der Waals surface area contributed by atoms with Gasteiger partial charge in [0.15, 0.2) is 5.76 Å². The third-order valence-corrected chi connectivity index (χ3v) is 6.26. The van der Waals surface area contributed by atoms with Crippen LogP contribution >= 0.6 is 0 Å². The van der Waals surface area contributed by atoms with Crippen molar-refractivity contribution in [2.45, 2.75) is 46.6 Å². The molecule has 38 heavy (non-hydrogen) atoms. The van der Waals surface area contributed by atoms with Gasteiger partial charge in [-0.15, -0.1) is 0 Å². The molecule has 0 aliphatic rings. The van der Waals surface area contributed by atoms with Crippen LogP contribution in [-0.4, -0.2) is 10.8 Å². The Bertz CT molecular complexity index is 1440. The predicted molar refractivity (Wildman–Crippen MR) is 145 cm³/mol. The van der Waals surface area contributed by atoms with Crippen LogP contribution in [-0.2, 0) is 6.61 Å². The zero-order chi connectivity index (χ0) is 27.2. The molecule has 0 saturated carbocycles. The zero-order valence-electron chi connectivity index (χ0n) is 21.8. The fourth-order valence-corrected chi connectivity index (χ4v) is 3.82. The summed E-state index contributed by atoms with van der Waals surface area (Å²) in [6.07, 6.45) is 1.06. The first-order valence-electron chi connectivity index (χ1n) is 12.4. The van der Waals surface area contributed by atoms with Gasteiger partial charge in [-0.2, -0.15) is 0 Å². The molecule has 0 fully saturated rings. The van der Waals surface area contributed by atoms with Gasteiger partial charge in [0.05, 0.1) is 16.7 Å². The zero-order valence-corrected chi connectivity index (χ0v) is 21.8. The summed E-state index contributed by atoms with van der Waals surface area (Å²) in [5, 5.41) is 14.2. The molecule has 1 heterocycles. The highest BCUT2D eigenvalue weighted by Gasteiger charge is 2.17. The van der Waals surface area contributed by atoms with Gasteiger partial charge in [0.2, 0.25) is 0 Å². The summed E-state index contributed by atoms with van der Waals surface area (Å²) in [6.45, 7) is 8.29. The number of furan rings is 1. The van der Waals surface area contributed by atoms with E-state index >= 15 is 0 Å². The van der Waals surface area contributed by atoms with Crippen LogP contribution in [0.1, 0.15) is 59.2 Å². The summed E-state index contributed by atoms with van der Waals surface area (Å²) in [7, 11) is 0. The largest absolute Gasteiger partial charge is 0.486 e. The number of aryl methyl sites for hydroxylation is 2. The van der Waals surface area contributed by atoms with E-state index in [0.717, 1.165) is 17.5 Å². The topological polar surface area (TPSA) is 104 Å². The molecule has 1 amide bonds. The van der Waals surface area contributed by atoms with Gasteiger partial charge in [-0.25, -0.2) is 0 Å². The summed E-state index contributed by atoms with van der Waals surface area (Å²) < 4.78 is 17.4. The molecule has 1 atom stereocenters. The molecule has 8 nitrogen and oxygen atoms in total. The fraction of sp³-hybridized carbons (Fsp3) is 0.233. The second-order valence-electron chi connectivity index (χ2n) is 9.23. The first kappa shape index (κ1) is 26.5. The smallest absolute Gasteiger partial charge is 0.291 e. The van der Waals surface area contributed by atoms with E-state index in [1.165, 1.54) is 29.8 Å². The Morgan fingerprint density at radius 2 is 1.76 bits per heavy atom. The Kier molecular flexibility index (Phi) is 8.11. The van der Waals surface area contributed by atoms with E-state index in [1.54, 1.807) is 6.07 Å². The molecule has 0 spiro atoms. The standard InChI is InChI=1S/C30H30N2O6/c1-5-20(3)22-8-10-25(11-9-22)36-18-26-12-13-28(37-26)30(33)31-23-15-24(32(34)35)17-27(16-23)38-29-14-19(2)6-7-21(29)4/h6-17,20H,5,18H2,1-4H3,(H,31,33). The molecule has 196 valence electrons. The molecule has 3 aromatic carbocycles. The Morgan fingerprint density at radius 1 is 1.00 bits per heavy atom. The number of nitro groups is 1. The lowest BCUT2D eigenvalue weighted by Gasteiger charge is -2.11. The van der Waals surface area contributed by atoms with Gasteiger partial charge in [-0.1, -0.05) is 38.1 Å². The van der Waals surface area contributed by atoms with E-state index in [1.807, 2.05) is 56.3 Å². The van der Waals surface area contributed by atoms with Crippen molar-refractivity contribution in [3.8, 4) is 17.2 Å². The quantitative estimate of drug-likeness (QED) is 0.170. The Hall–Kier alpha value is -4.59. The van der Waals surface area contributed by atoms with Gasteiger partial charge in [0.25, 0.3) is 11.6 Å². The highest BCUT2D eigenvalue weighted by atomic mass is 16.6. The fourth-order valence-electron chi connectivity index (χ4n) is 3.82. The number of carbonyl (C=O) groups is 1. The van der Waals surface area contributed by atoms with Crippen LogP contribution < -0.4 is 14.8 Å². The molecule has 0 saturated heterocycles. The number of benzene rings is 3. The molecular weight excluding hydrogens is 484 g/mol. The van der Waals surface area contributed by atoms with E-state index in [-0.39, 0.29) is 29.5 Å². The Morgan fingerprint density at radius 3 is 2.47 bits per heavy atom. The van der Waals surface area contributed by atoms with Crippen LogP contribution in [0.2, 0.25) is 0 Å². The maximum Gasteiger partial charge on any atom is 0.291 e. The third-order valence-electron chi connectivity index (χ3n) is 6.26. The normalized spacial score (nSPS) is 11.6. The van der Waals surface area contributed by atoms with Gasteiger partial charge in [0.1, 0.15) is 29.6 Å². The average Bonchev–Trinajstić information content (AvgIpc) is 3.38. The molecule has 4 aromatic rings. The summed E-state index contributed by atoms with van der Waals surface area (Å²) in [5.74, 6) is 1.97. The maximum atomic E-state index is 12.8. The van der Waals surface area contributed by atoms with Crippen LogP contribution in [0.5, 0.6) is 17.2 Å². The molecule has 1 aromatic heterocycles. The lowest BCUT2D eigenvalue weighted by molar-refractivity contribution is -0.384. The van der Waals surface area contributed by atoms with Crippen LogP contribution in [0, 0.1) is 24.0 Å². The molecule has 1 N–H and O–H groups in total. The highest BCUT2D eigenvalue weighted by molar-refractivity contribution is 6.02. The number of carbonyl (C=O) groups excluding carboxylic acids is 1. The van der Waals surface area contributed by atoms with E-state index in [4.69, 9.17) is 13.9 Å². The SMILES string of the molecule is CCC(C)c1ccc(OCc2ccc(C(=O)Nc3cc(Oc4cc(C)ccc4C)cc([N+](=O)[O-])c3)o2)cc1. The van der Waals surface area contributed by atoms with Gasteiger partial charge < -0.3 is 19.2 Å². The van der Waals surface area contributed by atoms with Crippen molar-refractivity contribution in [1.82, 2.24) is 0 Å². The monoisotopic (exact) mass is 514 g/mol. The first-order chi connectivity index (χ1) is 18.2. The molecule has 0 aliphatic carbocycles. The average molecular weight is 515 g/mol. The minimum Gasteiger partial charge on any atom is -0.486 e. The van der Waals surface area contributed by atoms with E-state index in [2.05, 4.69) is 19.2 Å². The highest BCUT2D eigenvalue weighted by Crippen LogP contribution is 2.32. The number of nitrogens with zero attached hydrogens (tertiary/aromatic N) is 1. The van der Waals surface area contributed by atoms with Gasteiger partial charge >= 0.3 is 0 Å². The van der Waals surface area contributed by atoms with Crippen molar-refractivity contribution in [3.63, 3.8) is 0 Å². The van der Waals surface area contributed by atoms with E-state index < -0.39 is 10.8 Å². The van der Waals surface area contributed by atoms with Crippen LogP contribution in [0.3, 0.4) is 0 Å². The molecule has 0 radical (unpaired) electrons. The van der Waals surface area contributed by atoms with Crippen LogP contribution in [0.4, 0.5) is 11.4 Å². The molecule has 4 rings (SSSR count). The summed E-state index contributed by atoms with van der Waals surface area (Å²) >= 11 is 0. The Labute approximate surface area is 221 Å². The molecule has 8 heteroatoms. The maximum absolute atomic E-state index is 12.8. The van der Waals surface area contributed by atoms with Crippen LogP contribution in [0.25, 0.3) is 0 Å². The minimum absolute atomic E-state index is 0.0548. The van der Waals surface area contributed by atoms with E-state index in [0.29, 0.717) is 23.2 Å². The molecule has 0 bridgehead atoms. The number of hydrogen-bond donors (Lipinski definition) is 1. The second-order valence-corrected chi connectivity index (χ2v) is 9.23. The number of non-ortho nitro benzene ring substituents is 1. The lowest BCUT2D eigenvalue weighted by Crippen LogP contribution is -2.11. The van der Waals surface area contributed by atoms with Crippen molar-refractivity contribution >= 4 is 17.3 Å². The number of hydrogen-bond acceptors (Lipinski definition) is 6. The van der Waals surface area contributed by atoms with Gasteiger partial charge in [0, 0.05) is 12.1 Å². The minimum atomic E-state index is -0.549. The molecule has 1 unspecified atom stereocenters. The van der Waals surface area contributed by atoms with Crippen molar-refractivity contribution in [3.05, 3.63) is 111 Å². The summed E-state index contributed by atoms with van der Waals surface area (Å²) in [4.78, 5) is 23.8. The van der Waals surface area contributed by atoms with Crippen molar-refractivity contribution < 1.29 is 23.6 Å². The molecule has 0 aliphatic heterocycles. The number of nitrogens with one attached hydrogen (secondary N) is 1. The summed E-state index contributed by atoms with van der Waals surface area (Å²) in [6, 6.07) is 20.9.